The molecule has 0 saturated carbocycles. The topological polar surface area (TPSA) is 23.5 Å². The van der Waals surface area contributed by atoms with E-state index >= 15 is 0 Å². The van der Waals surface area contributed by atoms with Gasteiger partial charge in [-0.1, -0.05) is 13.8 Å². The molecule has 0 unspecified atom stereocenters. The van der Waals surface area contributed by atoms with Crippen LogP contribution in [0.4, 0.5) is 0 Å². The first-order chi connectivity index (χ1) is 5.22. The molecule has 1 saturated heterocycles. The van der Waals surface area contributed by atoms with Crippen LogP contribution in [-0.2, 0) is 0 Å². The minimum absolute atomic E-state index is 0.360. The maximum atomic E-state index is 8.88. The largest absolute Gasteiger partial charge is 0.396 e. The second kappa shape index (κ2) is 4.07. The monoisotopic (exact) mass is 156 g/mol. The van der Waals surface area contributed by atoms with Crippen molar-refractivity contribution in [2.75, 3.05) is 26.2 Å². The van der Waals surface area contributed by atoms with Crippen molar-refractivity contribution in [2.24, 2.45) is 5.92 Å². The lowest BCUT2D eigenvalue weighted by Gasteiger charge is -2.17. The fourth-order valence-electron chi connectivity index (χ4n) is 1.65. The van der Waals surface area contributed by atoms with Crippen LogP contribution in [-0.4, -0.2) is 36.2 Å². The van der Waals surface area contributed by atoms with Gasteiger partial charge in [0.1, 0.15) is 0 Å². The van der Waals surface area contributed by atoms with Crippen molar-refractivity contribution in [3.63, 3.8) is 0 Å². The van der Waals surface area contributed by atoms with Gasteiger partial charge < -0.3 is 10.0 Å². The second-order valence-electron chi connectivity index (χ2n) is 3.78. The van der Waals surface area contributed by atoms with Gasteiger partial charge in [-0.25, -0.2) is 0 Å². The summed E-state index contributed by atoms with van der Waals surface area (Å²) in [7, 11) is 0. The summed E-state index contributed by atoms with van der Waals surface area (Å²) in [5.41, 5.74) is 0. The van der Waals surface area contributed by atoms with E-state index in [9.17, 15) is 0 Å². The zero-order valence-electron chi connectivity index (χ0n) is 7.51. The van der Waals surface area contributed by atoms with E-state index in [0.717, 1.165) is 19.6 Å². The van der Waals surface area contributed by atoms with Crippen LogP contribution in [0.5, 0.6) is 0 Å². The highest BCUT2D eigenvalue weighted by Gasteiger charge is 2.21. The SMILES string of the molecule is C[C](C)CN1CC[C@H](CO)C1. The van der Waals surface area contributed by atoms with Gasteiger partial charge in [0, 0.05) is 19.7 Å². The predicted octanol–water partition coefficient (Wildman–Crippen LogP) is 0.915. The molecule has 2 nitrogen and oxygen atoms in total. The van der Waals surface area contributed by atoms with Gasteiger partial charge in [-0.15, -0.1) is 0 Å². The molecule has 65 valence electrons. The van der Waals surface area contributed by atoms with E-state index in [2.05, 4.69) is 18.7 Å². The highest BCUT2D eigenvalue weighted by molar-refractivity contribution is 4.85. The van der Waals surface area contributed by atoms with Crippen LogP contribution in [0.15, 0.2) is 0 Å². The third-order valence-corrected chi connectivity index (χ3v) is 2.17. The number of aliphatic hydroxyl groups is 1. The van der Waals surface area contributed by atoms with Crippen molar-refractivity contribution in [3.05, 3.63) is 5.92 Å². The first-order valence-electron chi connectivity index (χ1n) is 4.34. The molecular weight excluding hydrogens is 138 g/mol. The van der Waals surface area contributed by atoms with Crippen molar-refractivity contribution >= 4 is 0 Å². The lowest BCUT2D eigenvalue weighted by molar-refractivity contribution is 0.223. The standard InChI is InChI=1S/C9H18NO/c1-8(2)5-10-4-3-9(6-10)7-11/h9,11H,3-7H2,1-2H3/t9-/m0/s1. The first-order valence-corrected chi connectivity index (χ1v) is 4.34. The molecule has 1 fully saturated rings. The van der Waals surface area contributed by atoms with Gasteiger partial charge in [0.25, 0.3) is 0 Å². The van der Waals surface area contributed by atoms with E-state index in [1.807, 2.05) is 0 Å². The van der Waals surface area contributed by atoms with Crippen LogP contribution in [0.3, 0.4) is 0 Å². The highest BCUT2D eigenvalue weighted by Crippen LogP contribution is 2.16. The normalized spacial score (nSPS) is 26.7. The molecule has 1 N–H and O–H groups in total. The molecule has 0 amide bonds. The Morgan fingerprint density at radius 1 is 1.55 bits per heavy atom. The van der Waals surface area contributed by atoms with Crippen LogP contribution in [0.25, 0.3) is 0 Å². The predicted molar refractivity (Wildman–Crippen MR) is 46.2 cm³/mol. The molecule has 1 rings (SSSR count). The lowest BCUT2D eigenvalue weighted by atomic mass is 10.1. The van der Waals surface area contributed by atoms with Gasteiger partial charge in [-0.05, 0) is 24.8 Å². The molecule has 2 heteroatoms. The van der Waals surface area contributed by atoms with Gasteiger partial charge in [-0.3, -0.25) is 0 Å². The average molecular weight is 156 g/mol. The summed E-state index contributed by atoms with van der Waals surface area (Å²) in [6, 6.07) is 0. The summed E-state index contributed by atoms with van der Waals surface area (Å²) in [6.07, 6.45) is 1.17. The van der Waals surface area contributed by atoms with Crippen LogP contribution >= 0.6 is 0 Å². The quantitative estimate of drug-likeness (QED) is 0.656. The lowest BCUT2D eigenvalue weighted by Crippen LogP contribution is -2.24. The Morgan fingerprint density at radius 2 is 2.27 bits per heavy atom. The average Bonchev–Trinajstić information content (AvgIpc) is 2.34. The molecule has 1 aliphatic heterocycles. The van der Waals surface area contributed by atoms with Gasteiger partial charge in [-0.2, -0.15) is 0 Å². The van der Waals surface area contributed by atoms with Crippen molar-refractivity contribution in [2.45, 2.75) is 20.3 Å². The number of likely N-dealkylation sites (tertiary alicyclic amines) is 1. The molecule has 0 bridgehead atoms. The minimum Gasteiger partial charge on any atom is -0.396 e. The molecule has 1 aliphatic rings. The number of hydrogen-bond acceptors (Lipinski definition) is 2. The summed E-state index contributed by atoms with van der Waals surface area (Å²) in [5.74, 6) is 2.00. The molecule has 0 spiro atoms. The Hall–Kier alpha value is -0.0800. The Kier molecular flexibility index (Phi) is 3.34. The summed E-state index contributed by atoms with van der Waals surface area (Å²) < 4.78 is 0. The Morgan fingerprint density at radius 3 is 2.73 bits per heavy atom. The van der Waals surface area contributed by atoms with E-state index in [1.165, 1.54) is 12.3 Å². The highest BCUT2D eigenvalue weighted by atomic mass is 16.3. The summed E-state index contributed by atoms with van der Waals surface area (Å²) in [4.78, 5) is 2.41. The summed E-state index contributed by atoms with van der Waals surface area (Å²) >= 11 is 0. The fourth-order valence-corrected chi connectivity index (χ4v) is 1.65. The van der Waals surface area contributed by atoms with Gasteiger partial charge >= 0.3 is 0 Å². The number of aliphatic hydroxyl groups excluding tert-OH is 1. The Balaban J connectivity index is 2.19. The number of rotatable bonds is 3. The Labute approximate surface area is 69.2 Å². The third kappa shape index (κ3) is 2.80. The van der Waals surface area contributed by atoms with E-state index in [-0.39, 0.29) is 0 Å². The van der Waals surface area contributed by atoms with Gasteiger partial charge in [0.2, 0.25) is 0 Å². The van der Waals surface area contributed by atoms with Crippen LogP contribution < -0.4 is 0 Å². The van der Waals surface area contributed by atoms with Crippen LogP contribution in [0, 0.1) is 11.8 Å². The zero-order valence-corrected chi connectivity index (χ0v) is 7.51. The summed E-state index contributed by atoms with van der Waals surface area (Å²) in [5, 5.41) is 8.88. The summed E-state index contributed by atoms with van der Waals surface area (Å²) in [6.45, 7) is 8.03. The van der Waals surface area contributed by atoms with Gasteiger partial charge in [0.15, 0.2) is 0 Å². The van der Waals surface area contributed by atoms with Crippen molar-refractivity contribution in [1.29, 1.82) is 0 Å². The van der Waals surface area contributed by atoms with E-state index < -0.39 is 0 Å². The molecule has 1 atom stereocenters. The molecule has 0 aliphatic carbocycles. The van der Waals surface area contributed by atoms with Crippen LogP contribution in [0.1, 0.15) is 20.3 Å². The minimum atomic E-state index is 0.360. The number of hydrogen-bond donors (Lipinski definition) is 1. The van der Waals surface area contributed by atoms with Crippen molar-refractivity contribution < 1.29 is 5.11 Å². The van der Waals surface area contributed by atoms with Crippen LogP contribution in [0.2, 0.25) is 0 Å². The van der Waals surface area contributed by atoms with E-state index in [4.69, 9.17) is 5.11 Å². The molecule has 0 aromatic heterocycles. The third-order valence-electron chi connectivity index (χ3n) is 2.17. The second-order valence-corrected chi connectivity index (χ2v) is 3.78. The zero-order chi connectivity index (χ0) is 8.27. The molecule has 1 radical (unpaired) electrons. The van der Waals surface area contributed by atoms with Crippen molar-refractivity contribution in [3.8, 4) is 0 Å². The van der Waals surface area contributed by atoms with Gasteiger partial charge in [0.05, 0.1) is 0 Å². The molecule has 11 heavy (non-hydrogen) atoms. The molecular formula is C9H18NO. The fraction of sp³-hybridized carbons (Fsp3) is 0.889. The molecule has 0 aromatic rings. The molecule has 0 aromatic carbocycles. The molecule has 1 heterocycles. The Bertz CT molecular complexity index is 114. The maximum Gasteiger partial charge on any atom is 0.0471 e. The maximum absolute atomic E-state index is 8.88. The number of nitrogens with zero attached hydrogens (tertiary/aromatic N) is 1. The van der Waals surface area contributed by atoms with Crippen molar-refractivity contribution in [1.82, 2.24) is 4.90 Å². The first kappa shape index (κ1) is 9.01. The smallest absolute Gasteiger partial charge is 0.0471 e. The van der Waals surface area contributed by atoms with E-state index in [0.29, 0.717) is 12.5 Å². The van der Waals surface area contributed by atoms with E-state index in [1.54, 1.807) is 0 Å².